The summed E-state index contributed by atoms with van der Waals surface area (Å²) in [6.45, 7) is 3.74. The zero-order valence-electron chi connectivity index (χ0n) is 34.2. The maximum absolute atomic E-state index is 13.4. The van der Waals surface area contributed by atoms with Gasteiger partial charge in [-0.25, -0.2) is 0 Å². The maximum atomic E-state index is 13.4. The lowest BCUT2D eigenvalue weighted by Gasteiger charge is -2.29. The predicted octanol–water partition coefficient (Wildman–Crippen LogP) is -1.94. The minimum atomic E-state index is -1.86. The number of nitrogens with zero attached hydrogens (tertiary/aromatic N) is 1. The van der Waals surface area contributed by atoms with Gasteiger partial charge in [0.05, 0.1) is 18.5 Å². The zero-order chi connectivity index (χ0) is 44.4. The van der Waals surface area contributed by atoms with Crippen LogP contribution in [0, 0.1) is 0 Å². The Bertz CT molecular complexity index is 1760. The van der Waals surface area contributed by atoms with Crippen LogP contribution in [0.2, 0.25) is 0 Å². The van der Waals surface area contributed by atoms with Crippen molar-refractivity contribution in [2.75, 3.05) is 19.6 Å². The van der Waals surface area contributed by atoms with Crippen molar-refractivity contribution < 1.29 is 48.7 Å². The van der Waals surface area contributed by atoms with E-state index < -0.39 is 91.2 Å². The third-order valence-corrected chi connectivity index (χ3v) is 10.1. The molecule has 2 aromatic carbocycles. The predicted molar refractivity (Wildman–Crippen MR) is 223 cm³/mol. The first-order valence-corrected chi connectivity index (χ1v) is 20.3. The summed E-state index contributed by atoms with van der Waals surface area (Å²) in [5, 5.41) is 41.8. The summed E-state index contributed by atoms with van der Waals surface area (Å²) in [5.74, 6) is -6.78. The number of aliphatic hydroxyl groups excluding tert-OH is 1. The molecule has 20 heteroatoms. The highest BCUT2D eigenvalue weighted by molar-refractivity contribution is 6.43. The second kappa shape index (κ2) is 24.6. The molecular formula is C40H60BN9O10. The van der Waals surface area contributed by atoms with E-state index in [1.54, 1.807) is 12.1 Å². The van der Waals surface area contributed by atoms with E-state index >= 15 is 0 Å². The minimum Gasteiger partial charge on any atom is -0.426 e. The number of benzene rings is 2. The van der Waals surface area contributed by atoms with Crippen molar-refractivity contribution in [3.63, 3.8) is 0 Å². The molecule has 1 fully saturated rings. The zero-order valence-corrected chi connectivity index (χ0v) is 34.2. The number of unbranched alkanes of at least 4 members (excludes halogenated alkanes) is 2. The van der Waals surface area contributed by atoms with E-state index in [0.29, 0.717) is 31.4 Å². The highest BCUT2D eigenvalue weighted by Crippen LogP contribution is 2.22. The third kappa shape index (κ3) is 15.3. The topological polar surface area (TPSA) is 322 Å². The van der Waals surface area contributed by atoms with Gasteiger partial charge in [0.25, 0.3) is 11.8 Å². The summed E-state index contributed by atoms with van der Waals surface area (Å²) >= 11 is 0. The highest BCUT2D eigenvalue weighted by atomic mass is 16.4. The van der Waals surface area contributed by atoms with Crippen LogP contribution >= 0.6 is 0 Å². The van der Waals surface area contributed by atoms with Gasteiger partial charge in [-0.2, -0.15) is 0 Å². The SMILES string of the molecule is CCCCc1ccc(-c2ccc(C(=O)NCCC(=O)N[C@@H](CCCCN)C(=O)N[C@H](C(=O)N[C@@H](N)C(=O)NC(CC(N)=O)C(=O)N3CCC[C@H]3B(O)O)C(C)O)cc2)cc1. The monoisotopic (exact) mass is 837 g/mol. The van der Waals surface area contributed by atoms with Gasteiger partial charge >= 0.3 is 7.12 Å². The van der Waals surface area contributed by atoms with E-state index in [1.165, 1.54) is 12.5 Å². The Hall–Kier alpha value is -5.41. The molecule has 0 aromatic heterocycles. The lowest BCUT2D eigenvalue weighted by molar-refractivity contribution is -0.139. The van der Waals surface area contributed by atoms with Crippen molar-refractivity contribution in [3.05, 3.63) is 59.7 Å². The average molecular weight is 838 g/mol. The Labute approximate surface area is 350 Å². The molecule has 0 aliphatic carbocycles. The quantitative estimate of drug-likeness (QED) is 0.0313. The van der Waals surface area contributed by atoms with Gasteiger partial charge in [0.1, 0.15) is 18.1 Å². The Kier molecular flexibility index (Phi) is 20.1. The molecule has 7 amide bonds. The lowest BCUT2D eigenvalue weighted by atomic mass is 9.77. The summed E-state index contributed by atoms with van der Waals surface area (Å²) in [5.41, 5.74) is 20.4. The fourth-order valence-corrected chi connectivity index (χ4v) is 6.69. The van der Waals surface area contributed by atoms with Crippen LogP contribution in [-0.4, -0.2) is 124 Å². The number of carbonyl (C=O) groups excluding carboxylic acids is 7. The molecule has 1 aliphatic rings. The number of carbonyl (C=O) groups is 7. The number of aryl methyl sites for hydroxylation is 1. The standard InChI is InChI=1S/C40H60BN9O10/c1-3-4-8-25-11-13-26(14-12-25)27-15-17-28(18-16-27)36(54)45-21-19-33(53)46-29(9-5-6-20-42)37(55)48-34(24(2)51)38(56)49-35(44)39(57)47-30(23-32(43)52)40(58)50-22-7-10-31(50)41(59)60/h11-18,24,29-31,34-35,51,59-60H,3-10,19-23,42,44H2,1-2H3,(H2,43,52)(H,45,54)(H,46,53)(H,47,57)(H,48,55)(H,49,56)/t24?,29-,30?,31-,34-,35+/m0/s1. The highest BCUT2D eigenvalue weighted by Gasteiger charge is 2.40. The van der Waals surface area contributed by atoms with Crippen LogP contribution in [0.3, 0.4) is 0 Å². The molecule has 3 rings (SSSR count). The van der Waals surface area contributed by atoms with Crippen LogP contribution < -0.4 is 43.8 Å². The molecule has 19 nitrogen and oxygen atoms in total. The smallest absolute Gasteiger partial charge is 0.426 e. The first kappa shape index (κ1) is 49.0. The number of rotatable bonds is 24. The Morgan fingerprint density at radius 1 is 0.850 bits per heavy atom. The molecule has 60 heavy (non-hydrogen) atoms. The molecule has 1 saturated heterocycles. The summed E-state index contributed by atoms with van der Waals surface area (Å²) in [4.78, 5) is 91.5. The number of aliphatic hydroxyl groups is 1. The first-order valence-electron chi connectivity index (χ1n) is 20.3. The van der Waals surface area contributed by atoms with Crippen LogP contribution in [0.25, 0.3) is 11.1 Å². The van der Waals surface area contributed by atoms with E-state index in [1.807, 2.05) is 12.1 Å². The molecule has 328 valence electrons. The van der Waals surface area contributed by atoms with Crippen LogP contribution in [0.4, 0.5) is 0 Å². The summed E-state index contributed by atoms with van der Waals surface area (Å²) in [6, 6.07) is 11.0. The van der Waals surface area contributed by atoms with E-state index in [4.69, 9.17) is 17.2 Å². The summed E-state index contributed by atoms with van der Waals surface area (Å²) < 4.78 is 0. The van der Waals surface area contributed by atoms with Crippen LogP contribution in [0.1, 0.15) is 87.6 Å². The van der Waals surface area contributed by atoms with Crippen LogP contribution in [-0.2, 0) is 35.2 Å². The van der Waals surface area contributed by atoms with E-state index in [9.17, 15) is 48.7 Å². The van der Waals surface area contributed by atoms with Crippen LogP contribution in [0.15, 0.2) is 48.5 Å². The lowest BCUT2D eigenvalue weighted by Crippen LogP contribution is -2.63. The molecule has 2 unspecified atom stereocenters. The molecule has 0 saturated carbocycles. The third-order valence-electron chi connectivity index (χ3n) is 10.1. The van der Waals surface area contributed by atoms with Crippen molar-refractivity contribution in [2.45, 2.75) is 114 Å². The number of hydrogen-bond acceptors (Lipinski definition) is 12. The molecule has 2 aromatic rings. The fraction of sp³-hybridized carbons (Fsp3) is 0.525. The van der Waals surface area contributed by atoms with Gasteiger partial charge in [0.15, 0.2) is 6.17 Å². The average Bonchev–Trinajstić information content (AvgIpc) is 3.72. The Balaban J connectivity index is 1.56. The van der Waals surface area contributed by atoms with Crippen molar-refractivity contribution in [1.82, 2.24) is 31.5 Å². The largest absolute Gasteiger partial charge is 0.475 e. The van der Waals surface area contributed by atoms with E-state index in [2.05, 4.69) is 57.8 Å². The number of amides is 7. The van der Waals surface area contributed by atoms with Crippen molar-refractivity contribution in [2.24, 2.45) is 17.2 Å². The number of nitrogens with two attached hydrogens (primary N) is 3. The van der Waals surface area contributed by atoms with Gasteiger partial charge in [-0.05, 0) is 87.2 Å². The van der Waals surface area contributed by atoms with Gasteiger partial charge in [0.2, 0.25) is 29.5 Å². The van der Waals surface area contributed by atoms with Crippen molar-refractivity contribution in [1.29, 1.82) is 0 Å². The van der Waals surface area contributed by atoms with Gasteiger partial charge in [-0.3, -0.25) is 33.6 Å². The molecule has 6 atom stereocenters. The van der Waals surface area contributed by atoms with Gasteiger partial charge < -0.3 is 63.8 Å². The number of hydrogen-bond donors (Lipinski definition) is 11. The van der Waals surface area contributed by atoms with Crippen molar-refractivity contribution in [3.8, 4) is 11.1 Å². The van der Waals surface area contributed by atoms with Gasteiger partial charge in [-0.15, -0.1) is 0 Å². The molecule has 0 radical (unpaired) electrons. The molecule has 14 N–H and O–H groups in total. The van der Waals surface area contributed by atoms with Crippen LogP contribution in [0.5, 0.6) is 0 Å². The Morgan fingerprint density at radius 3 is 2.08 bits per heavy atom. The molecular weight excluding hydrogens is 777 g/mol. The minimum absolute atomic E-state index is 0.0463. The molecule has 1 heterocycles. The first-order chi connectivity index (χ1) is 28.6. The maximum Gasteiger partial charge on any atom is 0.475 e. The second-order valence-corrected chi connectivity index (χ2v) is 14.9. The molecule has 1 aliphatic heterocycles. The Morgan fingerprint density at radius 2 is 1.50 bits per heavy atom. The van der Waals surface area contributed by atoms with E-state index in [0.717, 1.165) is 35.3 Å². The molecule has 0 spiro atoms. The normalized spacial score (nSPS) is 16.1. The number of likely N-dealkylation sites (tertiary alicyclic amines) is 1. The number of primary amides is 1. The summed E-state index contributed by atoms with van der Waals surface area (Å²) in [7, 11) is -1.86. The second-order valence-electron chi connectivity index (χ2n) is 14.9. The number of nitrogens with one attached hydrogen (secondary N) is 5. The fourth-order valence-electron chi connectivity index (χ4n) is 6.69. The van der Waals surface area contributed by atoms with Crippen molar-refractivity contribution >= 4 is 48.5 Å². The van der Waals surface area contributed by atoms with E-state index in [-0.39, 0.29) is 32.4 Å². The van der Waals surface area contributed by atoms with Gasteiger partial charge in [-0.1, -0.05) is 49.7 Å². The summed E-state index contributed by atoms with van der Waals surface area (Å²) in [6.07, 6.45) is 0.817. The van der Waals surface area contributed by atoms with Gasteiger partial charge in [0, 0.05) is 25.1 Å². The molecule has 0 bridgehead atoms.